The van der Waals surface area contributed by atoms with Crippen LogP contribution in [0.25, 0.3) is 0 Å². The first-order chi connectivity index (χ1) is 10.1. The maximum absolute atomic E-state index is 12.1. The van der Waals surface area contributed by atoms with Crippen LogP contribution in [0.2, 0.25) is 0 Å². The number of anilines is 1. The molecule has 0 bridgehead atoms. The minimum Gasteiger partial charge on any atom is -0.353 e. The molecule has 0 aliphatic carbocycles. The van der Waals surface area contributed by atoms with Crippen LogP contribution in [0.15, 0.2) is 24.3 Å². The van der Waals surface area contributed by atoms with Gasteiger partial charge in [-0.1, -0.05) is 19.1 Å². The van der Waals surface area contributed by atoms with Crippen LogP contribution in [-0.4, -0.2) is 42.4 Å². The second-order valence-corrected chi connectivity index (χ2v) is 5.14. The molecule has 1 atom stereocenters. The number of hydrogen-bond donors (Lipinski definition) is 3. The largest absolute Gasteiger partial charge is 0.353 e. The number of nitrogens with zero attached hydrogens (tertiary/aromatic N) is 1. The molecule has 6 nitrogen and oxygen atoms in total. The van der Waals surface area contributed by atoms with E-state index in [0.29, 0.717) is 26.1 Å². The molecule has 1 aliphatic heterocycles. The van der Waals surface area contributed by atoms with E-state index in [1.165, 1.54) is 0 Å². The topological polar surface area (TPSA) is 87.5 Å². The van der Waals surface area contributed by atoms with Gasteiger partial charge >= 0.3 is 0 Å². The van der Waals surface area contributed by atoms with Gasteiger partial charge in [0.25, 0.3) is 0 Å². The summed E-state index contributed by atoms with van der Waals surface area (Å²) in [5, 5.41) is 5.68. The van der Waals surface area contributed by atoms with Crippen molar-refractivity contribution in [2.75, 3.05) is 25.0 Å². The zero-order valence-corrected chi connectivity index (χ0v) is 12.3. The van der Waals surface area contributed by atoms with Crippen molar-refractivity contribution >= 4 is 17.5 Å². The summed E-state index contributed by atoms with van der Waals surface area (Å²) in [7, 11) is 0. The van der Waals surface area contributed by atoms with Crippen LogP contribution in [-0.2, 0) is 16.1 Å². The van der Waals surface area contributed by atoms with Crippen LogP contribution >= 0.6 is 0 Å². The van der Waals surface area contributed by atoms with E-state index < -0.39 is 0 Å². The van der Waals surface area contributed by atoms with E-state index in [-0.39, 0.29) is 24.4 Å². The van der Waals surface area contributed by atoms with Crippen molar-refractivity contribution in [3.8, 4) is 0 Å². The summed E-state index contributed by atoms with van der Waals surface area (Å²) >= 11 is 0. The van der Waals surface area contributed by atoms with Crippen LogP contribution < -0.4 is 16.4 Å². The van der Waals surface area contributed by atoms with Crippen LogP contribution in [0.5, 0.6) is 0 Å². The first kappa shape index (κ1) is 15.5. The number of benzene rings is 1. The molecule has 1 aromatic rings. The number of amides is 2. The SMILES string of the molecule is CCC1C(=O)NCCN1CC(=O)Nc1cccc(CN)c1. The molecular weight excluding hydrogens is 268 g/mol. The fourth-order valence-corrected chi connectivity index (χ4v) is 2.56. The minimum atomic E-state index is -0.222. The van der Waals surface area contributed by atoms with Crippen molar-refractivity contribution in [3.05, 3.63) is 29.8 Å². The molecular formula is C15H22N4O2. The van der Waals surface area contributed by atoms with E-state index in [0.717, 1.165) is 11.3 Å². The molecule has 2 rings (SSSR count). The minimum absolute atomic E-state index is 0.00155. The van der Waals surface area contributed by atoms with Gasteiger partial charge in [0.05, 0.1) is 12.6 Å². The number of hydrogen-bond acceptors (Lipinski definition) is 4. The molecule has 114 valence electrons. The third-order valence-corrected chi connectivity index (χ3v) is 3.62. The van der Waals surface area contributed by atoms with Crippen LogP contribution in [0, 0.1) is 0 Å². The maximum atomic E-state index is 12.1. The van der Waals surface area contributed by atoms with E-state index >= 15 is 0 Å². The Labute approximate surface area is 124 Å². The predicted octanol–water partition coefficient (Wildman–Crippen LogP) is 0.294. The Bertz CT molecular complexity index is 518. The van der Waals surface area contributed by atoms with Crippen LogP contribution in [0.4, 0.5) is 5.69 Å². The standard InChI is InChI=1S/C15H22N4O2/c1-2-13-15(21)17-6-7-19(13)10-14(20)18-12-5-3-4-11(8-12)9-16/h3-5,8,13H,2,6-7,9-10,16H2,1H3,(H,17,21)(H,18,20). The molecule has 0 spiro atoms. The lowest BCUT2D eigenvalue weighted by Gasteiger charge is -2.33. The highest BCUT2D eigenvalue weighted by molar-refractivity contribution is 5.93. The highest BCUT2D eigenvalue weighted by Gasteiger charge is 2.29. The van der Waals surface area contributed by atoms with Crippen molar-refractivity contribution in [1.29, 1.82) is 0 Å². The Morgan fingerprint density at radius 3 is 3.05 bits per heavy atom. The molecule has 1 aliphatic rings. The Kier molecular flexibility index (Phi) is 5.30. The lowest BCUT2D eigenvalue weighted by Crippen LogP contribution is -2.56. The highest BCUT2D eigenvalue weighted by Crippen LogP contribution is 2.12. The second-order valence-electron chi connectivity index (χ2n) is 5.14. The first-order valence-corrected chi connectivity index (χ1v) is 7.24. The summed E-state index contributed by atoms with van der Waals surface area (Å²) in [4.78, 5) is 25.8. The van der Waals surface area contributed by atoms with Crippen molar-refractivity contribution in [3.63, 3.8) is 0 Å². The molecule has 6 heteroatoms. The van der Waals surface area contributed by atoms with Gasteiger partial charge < -0.3 is 16.4 Å². The highest BCUT2D eigenvalue weighted by atomic mass is 16.2. The fraction of sp³-hybridized carbons (Fsp3) is 0.467. The summed E-state index contributed by atoms with van der Waals surface area (Å²) in [5.41, 5.74) is 7.29. The number of piperazine rings is 1. The van der Waals surface area contributed by atoms with Gasteiger partial charge in [-0.15, -0.1) is 0 Å². The number of nitrogens with one attached hydrogen (secondary N) is 2. The Morgan fingerprint density at radius 2 is 2.33 bits per heavy atom. The lowest BCUT2D eigenvalue weighted by molar-refractivity contribution is -0.130. The molecule has 21 heavy (non-hydrogen) atoms. The van der Waals surface area contributed by atoms with E-state index in [2.05, 4.69) is 10.6 Å². The smallest absolute Gasteiger partial charge is 0.238 e. The average molecular weight is 290 g/mol. The van der Waals surface area contributed by atoms with E-state index in [9.17, 15) is 9.59 Å². The number of nitrogens with two attached hydrogens (primary N) is 1. The average Bonchev–Trinajstić information content (AvgIpc) is 2.47. The molecule has 0 aromatic heterocycles. The van der Waals surface area contributed by atoms with Gasteiger partial charge in [0.2, 0.25) is 11.8 Å². The molecule has 1 aromatic carbocycles. The Hall–Kier alpha value is -1.92. The normalized spacial score (nSPS) is 19.1. The molecule has 4 N–H and O–H groups in total. The summed E-state index contributed by atoms with van der Waals surface area (Å²) < 4.78 is 0. The zero-order valence-electron chi connectivity index (χ0n) is 12.3. The molecule has 1 unspecified atom stereocenters. The molecule has 0 saturated carbocycles. The van der Waals surface area contributed by atoms with Gasteiger partial charge in [-0.3, -0.25) is 14.5 Å². The summed E-state index contributed by atoms with van der Waals surface area (Å²) in [6, 6.07) is 7.24. The Morgan fingerprint density at radius 1 is 1.52 bits per heavy atom. The molecule has 2 amide bonds. The monoisotopic (exact) mass is 290 g/mol. The van der Waals surface area contributed by atoms with Crippen LogP contribution in [0.3, 0.4) is 0 Å². The van der Waals surface area contributed by atoms with E-state index in [1.807, 2.05) is 36.1 Å². The van der Waals surface area contributed by atoms with Gasteiger partial charge in [-0.05, 0) is 24.1 Å². The van der Waals surface area contributed by atoms with Crippen LogP contribution in [0.1, 0.15) is 18.9 Å². The van der Waals surface area contributed by atoms with E-state index in [4.69, 9.17) is 5.73 Å². The van der Waals surface area contributed by atoms with Crippen molar-refractivity contribution < 1.29 is 9.59 Å². The van der Waals surface area contributed by atoms with Gasteiger partial charge in [0.1, 0.15) is 0 Å². The number of carbonyl (C=O) groups is 2. The van der Waals surface area contributed by atoms with E-state index in [1.54, 1.807) is 0 Å². The zero-order chi connectivity index (χ0) is 15.2. The van der Waals surface area contributed by atoms with Gasteiger partial charge in [-0.25, -0.2) is 0 Å². The number of carbonyl (C=O) groups excluding carboxylic acids is 2. The molecule has 1 fully saturated rings. The van der Waals surface area contributed by atoms with Crippen molar-refractivity contribution in [2.45, 2.75) is 25.9 Å². The second kappa shape index (κ2) is 7.19. The lowest BCUT2D eigenvalue weighted by atomic mass is 10.1. The summed E-state index contributed by atoms with van der Waals surface area (Å²) in [5.74, 6) is -0.112. The third kappa shape index (κ3) is 4.03. The van der Waals surface area contributed by atoms with Gasteiger partial charge in [0.15, 0.2) is 0 Å². The molecule has 1 saturated heterocycles. The molecule has 0 radical (unpaired) electrons. The number of rotatable bonds is 5. The fourth-order valence-electron chi connectivity index (χ4n) is 2.56. The first-order valence-electron chi connectivity index (χ1n) is 7.24. The quantitative estimate of drug-likeness (QED) is 0.727. The Balaban J connectivity index is 1.95. The molecule has 1 heterocycles. The maximum Gasteiger partial charge on any atom is 0.238 e. The van der Waals surface area contributed by atoms with Crippen molar-refractivity contribution in [1.82, 2.24) is 10.2 Å². The summed E-state index contributed by atoms with van der Waals surface area (Å²) in [6.45, 7) is 3.89. The van der Waals surface area contributed by atoms with Crippen molar-refractivity contribution in [2.24, 2.45) is 5.73 Å². The summed E-state index contributed by atoms with van der Waals surface area (Å²) in [6.07, 6.45) is 0.696. The third-order valence-electron chi connectivity index (χ3n) is 3.62. The van der Waals surface area contributed by atoms with Gasteiger partial charge in [0, 0.05) is 25.3 Å². The van der Waals surface area contributed by atoms with Gasteiger partial charge in [-0.2, -0.15) is 0 Å². The predicted molar refractivity (Wildman–Crippen MR) is 81.6 cm³/mol.